The third-order valence-corrected chi connectivity index (χ3v) is 5.30. The molecular formula is C11H15BrClN3O2S. The third-order valence-electron chi connectivity index (χ3n) is 2.98. The first kappa shape index (κ1) is 15.2. The van der Waals surface area contributed by atoms with Crippen LogP contribution in [0.1, 0.15) is 12.8 Å². The first-order valence-electron chi connectivity index (χ1n) is 6.02. The van der Waals surface area contributed by atoms with E-state index in [-0.39, 0.29) is 10.0 Å². The van der Waals surface area contributed by atoms with Gasteiger partial charge in [0.25, 0.3) is 0 Å². The van der Waals surface area contributed by atoms with Gasteiger partial charge < -0.3 is 4.90 Å². The summed E-state index contributed by atoms with van der Waals surface area (Å²) in [7, 11) is -3.61. The van der Waals surface area contributed by atoms with Crippen LogP contribution in [0, 0.1) is 0 Å². The van der Waals surface area contributed by atoms with Gasteiger partial charge in [0, 0.05) is 23.8 Å². The Labute approximate surface area is 126 Å². The van der Waals surface area contributed by atoms with Crippen LogP contribution in [-0.2, 0) is 10.0 Å². The quantitative estimate of drug-likeness (QED) is 0.806. The molecule has 0 radical (unpaired) electrons. The Morgan fingerprint density at radius 3 is 2.79 bits per heavy atom. The second kappa shape index (κ2) is 6.49. The molecule has 0 atom stereocenters. The van der Waals surface area contributed by atoms with Crippen LogP contribution in [0.25, 0.3) is 0 Å². The fourth-order valence-electron chi connectivity index (χ4n) is 2.01. The maximum Gasteiger partial charge on any atom is 0.243 e. The van der Waals surface area contributed by atoms with Crippen LogP contribution in [0.5, 0.6) is 0 Å². The van der Waals surface area contributed by atoms with Crippen LogP contribution in [0.3, 0.4) is 0 Å². The summed E-state index contributed by atoms with van der Waals surface area (Å²) < 4.78 is 27.3. The van der Waals surface area contributed by atoms with Gasteiger partial charge in [-0.2, -0.15) is 0 Å². The van der Waals surface area contributed by atoms with Gasteiger partial charge in [0.15, 0.2) is 0 Å². The molecule has 1 aromatic heterocycles. The van der Waals surface area contributed by atoms with Crippen molar-refractivity contribution in [2.45, 2.75) is 17.7 Å². The SMILES string of the molecule is O=S(=O)(NCCN1CCCC1)c1cc(Br)cnc1Cl. The summed E-state index contributed by atoms with van der Waals surface area (Å²) in [5, 5.41) is -0.0168. The van der Waals surface area contributed by atoms with E-state index in [2.05, 4.69) is 30.5 Å². The number of rotatable bonds is 5. The number of pyridine rings is 1. The summed E-state index contributed by atoms with van der Waals surface area (Å²) in [4.78, 5) is 6.06. The van der Waals surface area contributed by atoms with Crippen LogP contribution < -0.4 is 4.72 Å². The van der Waals surface area contributed by atoms with Crippen molar-refractivity contribution >= 4 is 37.6 Å². The maximum absolute atomic E-state index is 12.1. The molecule has 5 nitrogen and oxygen atoms in total. The van der Waals surface area contributed by atoms with E-state index < -0.39 is 10.0 Å². The summed E-state index contributed by atoms with van der Waals surface area (Å²) in [6, 6.07) is 1.45. The molecule has 1 fully saturated rings. The van der Waals surface area contributed by atoms with Crippen molar-refractivity contribution < 1.29 is 8.42 Å². The number of likely N-dealkylation sites (tertiary alicyclic amines) is 1. The average molecular weight is 369 g/mol. The molecule has 1 saturated heterocycles. The molecular weight excluding hydrogens is 354 g/mol. The van der Waals surface area contributed by atoms with Crippen molar-refractivity contribution in [2.24, 2.45) is 0 Å². The predicted octanol–water partition coefficient (Wildman–Crippen LogP) is 1.87. The minimum atomic E-state index is -3.61. The highest BCUT2D eigenvalue weighted by atomic mass is 79.9. The Hall–Kier alpha value is -0.210. The Morgan fingerprint density at radius 2 is 2.11 bits per heavy atom. The highest BCUT2D eigenvalue weighted by Gasteiger charge is 2.19. The van der Waals surface area contributed by atoms with Crippen molar-refractivity contribution in [3.8, 4) is 0 Å². The van der Waals surface area contributed by atoms with E-state index in [1.54, 1.807) is 0 Å². The summed E-state index contributed by atoms with van der Waals surface area (Å²) in [6.07, 6.45) is 3.84. The molecule has 0 aromatic carbocycles. The van der Waals surface area contributed by atoms with Crippen LogP contribution >= 0.6 is 27.5 Å². The van der Waals surface area contributed by atoms with Crippen molar-refractivity contribution in [3.63, 3.8) is 0 Å². The molecule has 8 heteroatoms. The highest BCUT2D eigenvalue weighted by molar-refractivity contribution is 9.10. The van der Waals surface area contributed by atoms with E-state index in [9.17, 15) is 8.42 Å². The smallest absolute Gasteiger partial charge is 0.243 e. The largest absolute Gasteiger partial charge is 0.302 e. The molecule has 1 aromatic rings. The monoisotopic (exact) mass is 367 g/mol. The zero-order valence-electron chi connectivity index (χ0n) is 10.3. The van der Waals surface area contributed by atoms with E-state index >= 15 is 0 Å². The first-order chi connectivity index (χ1) is 8.99. The number of nitrogens with zero attached hydrogens (tertiary/aromatic N) is 2. The number of nitrogens with one attached hydrogen (secondary N) is 1. The van der Waals surface area contributed by atoms with Gasteiger partial charge in [-0.05, 0) is 47.9 Å². The molecule has 2 heterocycles. The number of hydrogen-bond donors (Lipinski definition) is 1. The van der Waals surface area contributed by atoms with Gasteiger partial charge in [-0.15, -0.1) is 0 Å². The summed E-state index contributed by atoms with van der Waals surface area (Å²) in [5.41, 5.74) is 0. The van der Waals surface area contributed by atoms with Gasteiger partial charge in [0.05, 0.1) is 0 Å². The van der Waals surface area contributed by atoms with Crippen LogP contribution in [0.4, 0.5) is 0 Å². The van der Waals surface area contributed by atoms with E-state index in [0.29, 0.717) is 11.0 Å². The Balaban J connectivity index is 1.99. The van der Waals surface area contributed by atoms with Gasteiger partial charge in [-0.3, -0.25) is 0 Å². The topological polar surface area (TPSA) is 62.3 Å². The number of aromatic nitrogens is 1. The predicted molar refractivity (Wildman–Crippen MR) is 77.8 cm³/mol. The van der Waals surface area contributed by atoms with Crippen molar-refractivity contribution in [1.82, 2.24) is 14.6 Å². The lowest BCUT2D eigenvalue weighted by atomic mass is 10.4. The van der Waals surface area contributed by atoms with E-state index in [4.69, 9.17) is 11.6 Å². The van der Waals surface area contributed by atoms with Crippen molar-refractivity contribution in [2.75, 3.05) is 26.2 Å². The number of sulfonamides is 1. The molecule has 0 unspecified atom stereocenters. The van der Waals surface area contributed by atoms with Crippen molar-refractivity contribution in [3.05, 3.63) is 21.9 Å². The molecule has 19 heavy (non-hydrogen) atoms. The summed E-state index contributed by atoms with van der Waals surface area (Å²) >= 11 is 9.01. The minimum absolute atomic E-state index is 0.00460. The molecule has 2 rings (SSSR count). The Bertz CT molecular complexity index is 547. The molecule has 1 aliphatic rings. The molecule has 0 bridgehead atoms. The van der Waals surface area contributed by atoms with Gasteiger partial charge in [-0.1, -0.05) is 11.6 Å². The maximum atomic E-state index is 12.1. The Kier molecular flexibility index (Phi) is 5.19. The molecule has 106 valence electrons. The molecule has 1 N–H and O–H groups in total. The molecule has 0 spiro atoms. The highest BCUT2D eigenvalue weighted by Crippen LogP contribution is 2.22. The fraction of sp³-hybridized carbons (Fsp3) is 0.545. The zero-order chi connectivity index (χ0) is 13.9. The van der Waals surface area contributed by atoms with Gasteiger partial charge in [-0.25, -0.2) is 18.1 Å². The lowest BCUT2D eigenvalue weighted by Gasteiger charge is -2.15. The number of hydrogen-bond acceptors (Lipinski definition) is 4. The van der Waals surface area contributed by atoms with E-state index in [1.807, 2.05) is 0 Å². The summed E-state index contributed by atoms with van der Waals surface area (Å²) in [6.45, 7) is 3.19. The second-order valence-corrected chi connectivity index (χ2v) is 7.40. The second-order valence-electron chi connectivity index (χ2n) is 4.39. The van der Waals surface area contributed by atoms with Crippen LogP contribution in [0.15, 0.2) is 21.6 Å². The molecule has 0 aliphatic carbocycles. The minimum Gasteiger partial charge on any atom is -0.302 e. The standard InChI is InChI=1S/C11H15BrClN3O2S/c12-9-7-10(11(13)14-8-9)19(17,18)15-3-6-16-4-1-2-5-16/h7-8,15H,1-6H2. The lowest BCUT2D eigenvalue weighted by Crippen LogP contribution is -2.33. The van der Waals surface area contributed by atoms with Gasteiger partial charge in [0.2, 0.25) is 10.0 Å². The van der Waals surface area contributed by atoms with E-state index in [1.165, 1.54) is 25.1 Å². The number of halogens is 2. The average Bonchev–Trinajstić information content (AvgIpc) is 2.85. The first-order valence-corrected chi connectivity index (χ1v) is 8.67. The van der Waals surface area contributed by atoms with E-state index in [0.717, 1.165) is 19.6 Å². The molecule has 0 saturated carbocycles. The molecule has 0 amide bonds. The van der Waals surface area contributed by atoms with Crippen LogP contribution in [0.2, 0.25) is 5.15 Å². The Morgan fingerprint density at radius 1 is 1.42 bits per heavy atom. The fourth-order valence-corrected chi connectivity index (χ4v) is 3.98. The summed E-state index contributed by atoms with van der Waals surface area (Å²) in [5.74, 6) is 0. The van der Waals surface area contributed by atoms with Crippen LogP contribution in [-0.4, -0.2) is 44.5 Å². The normalized spacial score (nSPS) is 16.9. The molecule has 1 aliphatic heterocycles. The van der Waals surface area contributed by atoms with Gasteiger partial charge in [0.1, 0.15) is 10.0 Å². The third kappa shape index (κ3) is 4.13. The van der Waals surface area contributed by atoms with Crippen molar-refractivity contribution in [1.29, 1.82) is 0 Å². The van der Waals surface area contributed by atoms with Gasteiger partial charge >= 0.3 is 0 Å². The zero-order valence-corrected chi connectivity index (χ0v) is 13.4. The lowest BCUT2D eigenvalue weighted by molar-refractivity contribution is 0.344.